The number of piperidine rings is 1. The molecule has 1 aromatic rings. The summed E-state index contributed by atoms with van der Waals surface area (Å²) in [4.78, 5) is 12.2. The Labute approximate surface area is 143 Å². The quantitative estimate of drug-likeness (QED) is 0.724. The molecule has 0 aliphatic carbocycles. The number of carbonyl (C=O) groups is 1. The van der Waals surface area contributed by atoms with E-state index < -0.39 is 10.0 Å². The highest BCUT2D eigenvalue weighted by Gasteiger charge is 2.21. The zero-order valence-electron chi connectivity index (χ0n) is 13.2. The monoisotopic (exact) mass is 361 g/mol. The minimum atomic E-state index is -3.32. The SMILES string of the molecule is CCCS(=O)(=O)Nc1cccc(NC(=O)C2CCCNC2)c1.Cl. The van der Waals surface area contributed by atoms with E-state index in [1.807, 2.05) is 6.92 Å². The number of sulfonamides is 1. The van der Waals surface area contributed by atoms with E-state index in [1.165, 1.54) is 0 Å². The van der Waals surface area contributed by atoms with Crippen molar-refractivity contribution in [3.05, 3.63) is 24.3 Å². The minimum Gasteiger partial charge on any atom is -0.326 e. The summed E-state index contributed by atoms with van der Waals surface area (Å²) in [6.45, 7) is 3.46. The van der Waals surface area contributed by atoms with Crippen LogP contribution >= 0.6 is 12.4 Å². The van der Waals surface area contributed by atoms with Gasteiger partial charge >= 0.3 is 0 Å². The van der Waals surface area contributed by atoms with Gasteiger partial charge in [0.25, 0.3) is 0 Å². The number of benzene rings is 1. The molecule has 23 heavy (non-hydrogen) atoms. The van der Waals surface area contributed by atoms with Crippen LogP contribution in [0, 0.1) is 5.92 Å². The second-order valence-corrected chi connectivity index (χ2v) is 7.38. The summed E-state index contributed by atoms with van der Waals surface area (Å²) in [5.41, 5.74) is 1.07. The molecule has 1 unspecified atom stereocenters. The molecule has 130 valence electrons. The first kappa shape index (κ1) is 19.7. The Hall–Kier alpha value is -1.31. The summed E-state index contributed by atoms with van der Waals surface area (Å²) in [6.07, 6.45) is 2.43. The average Bonchev–Trinajstić information content (AvgIpc) is 2.48. The van der Waals surface area contributed by atoms with Crippen LogP contribution in [0.4, 0.5) is 11.4 Å². The summed E-state index contributed by atoms with van der Waals surface area (Å²) < 4.78 is 26.1. The van der Waals surface area contributed by atoms with Crippen LogP contribution in [0.25, 0.3) is 0 Å². The number of carbonyl (C=O) groups excluding carboxylic acids is 1. The molecule has 0 bridgehead atoms. The van der Waals surface area contributed by atoms with E-state index in [4.69, 9.17) is 0 Å². The topological polar surface area (TPSA) is 87.3 Å². The lowest BCUT2D eigenvalue weighted by molar-refractivity contribution is -0.120. The first-order valence-electron chi connectivity index (χ1n) is 7.62. The molecule has 2 rings (SSSR count). The van der Waals surface area contributed by atoms with Crippen LogP contribution in [0.5, 0.6) is 0 Å². The lowest BCUT2D eigenvalue weighted by Gasteiger charge is -2.22. The first-order valence-corrected chi connectivity index (χ1v) is 9.27. The predicted octanol–water partition coefficient (Wildman–Crippen LogP) is 2.20. The van der Waals surface area contributed by atoms with Gasteiger partial charge in [-0.05, 0) is 44.0 Å². The summed E-state index contributed by atoms with van der Waals surface area (Å²) in [5, 5.41) is 6.06. The molecule has 1 fully saturated rings. The summed E-state index contributed by atoms with van der Waals surface area (Å²) in [7, 11) is -3.32. The molecule has 1 amide bonds. The summed E-state index contributed by atoms with van der Waals surface area (Å²) in [5.74, 6) is 0.0205. The average molecular weight is 362 g/mol. The Morgan fingerprint density at radius 1 is 1.35 bits per heavy atom. The number of amides is 1. The smallest absolute Gasteiger partial charge is 0.232 e. The standard InChI is InChI=1S/C15H23N3O3S.ClH/c1-2-9-22(20,21)18-14-7-3-6-13(10-14)17-15(19)12-5-4-8-16-11-12;/h3,6-7,10,12,16,18H,2,4-5,8-9,11H2,1H3,(H,17,19);1H. The molecule has 1 aliphatic rings. The fourth-order valence-electron chi connectivity index (χ4n) is 2.48. The molecule has 1 heterocycles. The Balaban J connectivity index is 0.00000264. The molecule has 6 nitrogen and oxygen atoms in total. The lowest BCUT2D eigenvalue weighted by Crippen LogP contribution is -2.37. The fraction of sp³-hybridized carbons (Fsp3) is 0.533. The van der Waals surface area contributed by atoms with Gasteiger partial charge in [-0.3, -0.25) is 9.52 Å². The molecule has 1 atom stereocenters. The zero-order valence-corrected chi connectivity index (χ0v) is 14.8. The fourth-order valence-corrected chi connectivity index (χ4v) is 3.61. The summed E-state index contributed by atoms with van der Waals surface area (Å²) in [6, 6.07) is 6.79. The van der Waals surface area contributed by atoms with Crippen LogP contribution < -0.4 is 15.4 Å². The molecule has 0 saturated carbocycles. The number of halogens is 1. The summed E-state index contributed by atoms with van der Waals surface area (Å²) >= 11 is 0. The van der Waals surface area contributed by atoms with Gasteiger partial charge in [0.1, 0.15) is 0 Å². The van der Waals surface area contributed by atoms with Crippen LogP contribution in [-0.2, 0) is 14.8 Å². The van der Waals surface area contributed by atoms with Gasteiger partial charge in [-0.25, -0.2) is 8.42 Å². The van der Waals surface area contributed by atoms with Crippen molar-refractivity contribution in [3.8, 4) is 0 Å². The zero-order chi connectivity index (χ0) is 16.0. The second-order valence-electron chi connectivity index (χ2n) is 5.53. The highest BCUT2D eigenvalue weighted by Crippen LogP contribution is 2.19. The van der Waals surface area contributed by atoms with Gasteiger partial charge in [0.15, 0.2) is 0 Å². The molecular weight excluding hydrogens is 338 g/mol. The van der Waals surface area contributed by atoms with E-state index in [9.17, 15) is 13.2 Å². The van der Waals surface area contributed by atoms with Crippen molar-refractivity contribution < 1.29 is 13.2 Å². The van der Waals surface area contributed by atoms with Crippen molar-refractivity contribution in [1.29, 1.82) is 0 Å². The van der Waals surface area contributed by atoms with Crippen molar-refractivity contribution in [2.45, 2.75) is 26.2 Å². The number of hydrogen-bond acceptors (Lipinski definition) is 4. The van der Waals surface area contributed by atoms with Gasteiger partial charge < -0.3 is 10.6 Å². The van der Waals surface area contributed by atoms with E-state index in [-0.39, 0.29) is 30.0 Å². The van der Waals surface area contributed by atoms with E-state index in [0.717, 1.165) is 19.4 Å². The highest BCUT2D eigenvalue weighted by atomic mass is 35.5. The molecule has 1 aliphatic heterocycles. The highest BCUT2D eigenvalue weighted by molar-refractivity contribution is 7.92. The van der Waals surface area contributed by atoms with Gasteiger partial charge in [-0.2, -0.15) is 0 Å². The van der Waals surface area contributed by atoms with Crippen molar-refractivity contribution in [3.63, 3.8) is 0 Å². The van der Waals surface area contributed by atoms with Gasteiger partial charge in [-0.1, -0.05) is 13.0 Å². The molecular formula is C15H24ClN3O3S. The second kappa shape index (κ2) is 9.10. The number of hydrogen-bond donors (Lipinski definition) is 3. The Morgan fingerprint density at radius 3 is 2.74 bits per heavy atom. The molecule has 0 aromatic heterocycles. The normalized spacial score (nSPS) is 17.9. The third kappa shape index (κ3) is 6.37. The van der Waals surface area contributed by atoms with E-state index in [0.29, 0.717) is 24.3 Å². The van der Waals surface area contributed by atoms with Crippen LogP contribution in [-0.4, -0.2) is 33.2 Å². The van der Waals surface area contributed by atoms with Crippen molar-refractivity contribution in [1.82, 2.24) is 5.32 Å². The van der Waals surface area contributed by atoms with E-state index in [2.05, 4.69) is 15.4 Å². The van der Waals surface area contributed by atoms with Crippen molar-refractivity contribution in [2.75, 3.05) is 28.9 Å². The first-order chi connectivity index (χ1) is 10.5. The van der Waals surface area contributed by atoms with Gasteiger partial charge in [0.2, 0.25) is 15.9 Å². The van der Waals surface area contributed by atoms with Crippen LogP contribution in [0.1, 0.15) is 26.2 Å². The maximum Gasteiger partial charge on any atom is 0.232 e. The maximum atomic E-state index is 12.2. The minimum absolute atomic E-state index is 0. The predicted molar refractivity (Wildman–Crippen MR) is 95.6 cm³/mol. The van der Waals surface area contributed by atoms with Crippen molar-refractivity contribution in [2.24, 2.45) is 5.92 Å². The van der Waals surface area contributed by atoms with E-state index >= 15 is 0 Å². The Kier molecular flexibility index (Phi) is 7.81. The Bertz CT molecular complexity index is 616. The van der Waals surface area contributed by atoms with Gasteiger partial charge in [-0.15, -0.1) is 12.4 Å². The lowest BCUT2D eigenvalue weighted by atomic mass is 9.99. The number of nitrogens with one attached hydrogen (secondary N) is 3. The van der Waals surface area contributed by atoms with E-state index in [1.54, 1.807) is 24.3 Å². The molecule has 8 heteroatoms. The van der Waals surface area contributed by atoms with Crippen LogP contribution in [0.2, 0.25) is 0 Å². The molecule has 3 N–H and O–H groups in total. The van der Waals surface area contributed by atoms with Crippen molar-refractivity contribution >= 4 is 39.7 Å². The maximum absolute atomic E-state index is 12.2. The molecule has 0 radical (unpaired) electrons. The largest absolute Gasteiger partial charge is 0.326 e. The Morgan fingerprint density at radius 2 is 2.09 bits per heavy atom. The molecule has 1 saturated heterocycles. The third-order valence-electron chi connectivity index (χ3n) is 3.54. The number of rotatable bonds is 6. The molecule has 0 spiro atoms. The van der Waals surface area contributed by atoms with Crippen LogP contribution in [0.3, 0.4) is 0 Å². The van der Waals surface area contributed by atoms with Gasteiger partial charge in [0.05, 0.1) is 17.4 Å². The van der Waals surface area contributed by atoms with Gasteiger partial charge in [0, 0.05) is 12.2 Å². The van der Waals surface area contributed by atoms with Crippen LogP contribution in [0.15, 0.2) is 24.3 Å². The molecule has 1 aromatic carbocycles. The third-order valence-corrected chi connectivity index (χ3v) is 5.04. The number of anilines is 2.